The number of aliphatic hydroxyl groups excluding tert-OH is 1. The van der Waals surface area contributed by atoms with Crippen molar-refractivity contribution in [3.8, 4) is 11.5 Å². The lowest BCUT2D eigenvalue weighted by molar-refractivity contribution is -0.143. The fourth-order valence-electron chi connectivity index (χ4n) is 3.66. The molecular weight excluding hydrogens is 508 g/mol. The molecule has 0 heterocycles. The van der Waals surface area contributed by atoms with Gasteiger partial charge in [0.05, 0.1) is 12.6 Å². The Morgan fingerprint density at radius 2 is 1.13 bits per heavy atom. The summed E-state index contributed by atoms with van der Waals surface area (Å²) in [7, 11) is 0. The Bertz CT molecular complexity index is 1120. The van der Waals surface area contributed by atoms with E-state index in [1.165, 1.54) is 36.4 Å². The number of aromatic hydroxyl groups is 2. The van der Waals surface area contributed by atoms with Gasteiger partial charge in [-0.05, 0) is 41.3 Å². The number of amides is 3. The Hall–Kier alpha value is -4.16. The standard InChI is InChI=1S/C27H36N4O8/c1-3-15(2)23(28)26(37)30-21(13-17-6-10-19(34)11-7-17)24(35)29-20(12-16-4-8-18(33)9-5-16)25(36)31-22(14-32)27(38)39/h4-11,15,20-23,32-34H,3,12-14,28H2,1-2H3,(H,29,35)(H,30,37)(H,31,36)(H,38,39). The molecule has 0 saturated carbocycles. The molecule has 0 saturated heterocycles. The van der Waals surface area contributed by atoms with Crippen molar-refractivity contribution in [1.29, 1.82) is 0 Å². The minimum atomic E-state index is -1.60. The van der Waals surface area contributed by atoms with Gasteiger partial charge in [0.2, 0.25) is 17.7 Å². The Morgan fingerprint density at radius 1 is 0.744 bits per heavy atom. The lowest BCUT2D eigenvalue weighted by atomic mass is 9.98. The number of aliphatic carboxylic acids is 1. The minimum Gasteiger partial charge on any atom is -0.508 e. The van der Waals surface area contributed by atoms with Crippen molar-refractivity contribution >= 4 is 23.7 Å². The van der Waals surface area contributed by atoms with E-state index < -0.39 is 54.5 Å². The number of carbonyl (C=O) groups is 4. The fraction of sp³-hybridized carbons (Fsp3) is 0.407. The number of carboxylic acids is 1. The Balaban J connectivity index is 2.33. The van der Waals surface area contributed by atoms with Crippen molar-refractivity contribution in [2.75, 3.05) is 6.61 Å². The second-order valence-electron chi connectivity index (χ2n) is 9.36. The molecule has 0 aliphatic rings. The van der Waals surface area contributed by atoms with Gasteiger partial charge in [0.15, 0.2) is 0 Å². The summed E-state index contributed by atoms with van der Waals surface area (Å²) in [6.07, 6.45) is 0.558. The lowest BCUT2D eigenvalue weighted by Crippen LogP contribution is -2.58. The van der Waals surface area contributed by atoms with Crippen molar-refractivity contribution in [2.45, 2.75) is 57.3 Å². The highest BCUT2D eigenvalue weighted by Crippen LogP contribution is 2.14. The lowest BCUT2D eigenvalue weighted by Gasteiger charge is -2.26. The van der Waals surface area contributed by atoms with E-state index >= 15 is 0 Å². The number of benzene rings is 2. The molecule has 0 bridgehead atoms. The molecule has 2 aromatic rings. The van der Waals surface area contributed by atoms with Crippen LogP contribution in [0.5, 0.6) is 11.5 Å². The number of nitrogens with two attached hydrogens (primary N) is 1. The Kier molecular flexibility index (Phi) is 11.7. The topological polar surface area (TPSA) is 211 Å². The van der Waals surface area contributed by atoms with Gasteiger partial charge >= 0.3 is 5.97 Å². The maximum absolute atomic E-state index is 13.5. The number of aliphatic hydroxyl groups is 1. The molecule has 12 nitrogen and oxygen atoms in total. The zero-order valence-corrected chi connectivity index (χ0v) is 21.8. The summed E-state index contributed by atoms with van der Waals surface area (Å²) in [5.74, 6) is -3.78. The third kappa shape index (κ3) is 9.58. The van der Waals surface area contributed by atoms with E-state index in [4.69, 9.17) is 5.73 Å². The average Bonchev–Trinajstić information content (AvgIpc) is 2.91. The van der Waals surface area contributed by atoms with Gasteiger partial charge in [0.1, 0.15) is 29.6 Å². The number of phenols is 2. The smallest absolute Gasteiger partial charge is 0.328 e. The third-order valence-electron chi connectivity index (χ3n) is 6.38. The summed E-state index contributed by atoms with van der Waals surface area (Å²) in [6.45, 7) is 2.81. The Labute approximate surface area is 226 Å². The first-order valence-electron chi connectivity index (χ1n) is 12.5. The van der Waals surface area contributed by atoms with Crippen LogP contribution in [0.1, 0.15) is 31.4 Å². The molecule has 0 aliphatic heterocycles. The van der Waals surface area contributed by atoms with E-state index in [1.807, 2.05) is 6.92 Å². The first-order valence-corrected chi connectivity index (χ1v) is 12.5. The van der Waals surface area contributed by atoms with Gasteiger partial charge in [-0.15, -0.1) is 0 Å². The molecular formula is C27H36N4O8. The number of nitrogens with one attached hydrogen (secondary N) is 3. The molecule has 9 N–H and O–H groups in total. The molecule has 0 spiro atoms. The van der Waals surface area contributed by atoms with Crippen LogP contribution in [0.4, 0.5) is 0 Å². The predicted octanol–water partition coefficient (Wildman–Crippen LogP) is -0.212. The first-order chi connectivity index (χ1) is 18.4. The van der Waals surface area contributed by atoms with E-state index in [0.29, 0.717) is 17.5 Å². The fourth-order valence-corrected chi connectivity index (χ4v) is 3.66. The summed E-state index contributed by atoms with van der Waals surface area (Å²) < 4.78 is 0. The number of rotatable bonds is 14. The molecule has 2 aromatic carbocycles. The molecule has 5 atom stereocenters. The first kappa shape index (κ1) is 31.1. The molecule has 0 radical (unpaired) electrons. The molecule has 0 aliphatic carbocycles. The molecule has 12 heteroatoms. The van der Waals surface area contributed by atoms with Gasteiger partial charge in [-0.25, -0.2) is 4.79 Å². The largest absolute Gasteiger partial charge is 0.508 e. The van der Waals surface area contributed by atoms with Crippen molar-refractivity contribution in [2.24, 2.45) is 11.7 Å². The molecule has 2 rings (SSSR count). The molecule has 0 fully saturated rings. The third-order valence-corrected chi connectivity index (χ3v) is 6.38. The van der Waals surface area contributed by atoms with Crippen molar-refractivity contribution in [1.82, 2.24) is 16.0 Å². The van der Waals surface area contributed by atoms with Crippen LogP contribution in [0.3, 0.4) is 0 Å². The average molecular weight is 545 g/mol. The predicted molar refractivity (Wildman–Crippen MR) is 142 cm³/mol. The van der Waals surface area contributed by atoms with Crippen LogP contribution in [0, 0.1) is 5.92 Å². The van der Waals surface area contributed by atoms with Gasteiger partial charge in [-0.2, -0.15) is 0 Å². The van der Waals surface area contributed by atoms with Crippen molar-refractivity contribution < 1.29 is 39.6 Å². The molecule has 0 aromatic heterocycles. The van der Waals surface area contributed by atoms with Crippen LogP contribution in [0.15, 0.2) is 48.5 Å². The van der Waals surface area contributed by atoms with E-state index in [2.05, 4.69) is 16.0 Å². The number of phenolic OH excluding ortho intramolecular Hbond substituents is 2. The maximum Gasteiger partial charge on any atom is 0.328 e. The molecule has 5 unspecified atom stereocenters. The highest BCUT2D eigenvalue weighted by atomic mass is 16.4. The summed E-state index contributed by atoms with van der Waals surface area (Å²) in [4.78, 5) is 50.7. The van der Waals surface area contributed by atoms with Crippen LogP contribution in [-0.2, 0) is 32.0 Å². The van der Waals surface area contributed by atoms with Gasteiger partial charge in [0.25, 0.3) is 0 Å². The van der Waals surface area contributed by atoms with E-state index in [-0.39, 0.29) is 30.3 Å². The van der Waals surface area contributed by atoms with Crippen LogP contribution < -0.4 is 21.7 Å². The molecule has 3 amide bonds. The van der Waals surface area contributed by atoms with Crippen molar-refractivity contribution in [3.05, 3.63) is 59.7 Å². The second-order valence-corrected chi connectivity index (χ2v) is 9.36. The minimum absolute atomic E-state index is 0.00696. The van der Waals surface area contributed by atoms with Crippen LogP contribution in [0.2, 0.25) is 0 Å². The summed E-state index contributed by atoms with van der Waals surface area (Å²) >= 11 is 0. The zero-order valence-electron chi connectivity index (χ0n) is 21.8. The van der Waals surface area contributed by atoms with Crippen LogP contribution in [0.25, 0.3) is 0 Å². The SMILES string of the molecule is CCC(C)C(N)C(=O)NC(Cc1ccc(O)cc1)C(=O)NC(Cc1ccc(O)cc1)C(=O)NC(CO)C(=O)O. The van der Waals surface area contributed by atoms with Gasteiger partial charge in [0, 0.05) is 12.8 Å². The number of hydrogen-bond acceptors (Lipinski definition) is 8. The highest BCUT2D eigenvalue weighted by Gasteiger charge is 2.31. The van der Waals surface area contributed by atoms with Crippen molar-refractivity contribution in [3.63, 3.8) is 0 Å². The van der Waals surface area contributed by atoms with Crippen LogP contribution in [-0.4, -0.2) is 74.9 Å². The summed E-state index contributed by atoms with van der Waals surface area (Å²) in [5.41, 5.74) is 7.21. The van der Waals surface area contributed by atoms with Gasteiger partial charge in [-0.3, -0.25) is 14.4 Å². The Morgan fingerprint density at radius 3 is 1.49 bits per heavy atom. The monoisotopic (exact) mass is 544 g/mol. The summed E-state index contributed by atoms with van der Waals surface area (Å²) in [5, 5.41) is 45.1. The van der Waals surface area contributed by atoms with Gasteiger partial charge < -0.3 is 42.1 Å². The number of carboxylic acid groups (broad SMARTS) is 1. The summed E-state index contributed by atoms with van der Waals surface area (Å²) in [6, 6.07) is 6.92. The zero-order chi connectivity index (χ0) is 29.1. The van der Waals surface area contributed by atoms with E-state index in [0.717, 1.165) is 0 Å². The van der Waals surface area contributed by atoms with Crippen LogP contribution >= 0.6 is 0 Å². The maximum atomic E-state index is 13.5. The van der Waals surface area contributed by atoms with E-state index in [9.17, 15) is 39.6 Å². The number of carbonyl (C=O) groups excluding carboxylic acids is 3. The number of hydrogen-bond donors (Lipinski definition) is 8. The second kappa shape index (κ2) is 14.7. The quantitative estimate of drug-likeness (QED) is 0.158. The normalized spacial score (nSPS) is 14.8. The van der Waals surface area contributed by atoms with E-state index in [1.54, 1.807) is 19.1 Å². The van der Waals surface area contributed by atoms with Gasteiger partial charge in [-0.1, -0.05) is 44.5 Å². The molecule has 212 valence electrons. The molecule has 39 heavy (non-hydrogen) atoms. The highest BCUT2D eigenvalue weighted by molar-refractivity contribution is 5.94.